The highest BCUT2D eigenvalue weighted by Gasteiger charge is 2.11. The van der Waals surface area contributed by atoms with Gasteiger partial charge in [0.25, 0.3) is 0 Å². The van der Waals surface area contributed by atoms with Crippen LogP contribution in [0.3, 0.4) is 0 Å². The van der Waals surface area contributed by atoms with Gasteiger partial charge in [-0.3, -0.25) is 0 Å². The Hall–Kier alpha value is -0.350. The Bertz CT molecular complexity index is 360. The minimum absolute atomic E-state index is 0.414. The van der Waals surface area contributed by atoms with Gasteiger partial charge in [-0.25, -0.2) is 0 Å². The zero-order valence-electron chi connectivity index (χ0n) is 10.8. The second kappa shape index (κ2) is 7.88. The van der Waals surface area contributed by atoms with Gasteiger partial charge in [-0.1, -0.05) is 38.1 Å². The van der Waals surface area contributed by atoms with Gasteiger partial charge in [0.15, 0.2) is 0 Å². The van der Waals surface area contributed by atoms with E-state index >= 15 is 0 Å². The van der Waals surface area contributed by atoms with Crippen LogP contribution in [0.25, 0.3) is 0 Å². The van der Waals surface area contributed by atoms with E-state index in [1.807, 2.05) is 0 Å². The molecule has 0 amide bonds. The first kappa shape index (κ1) is 14.7. The van der Waals surface area contributed by atoms with Crippen LogP contribution in [0.4, 0.5) is 0 Å². The predicted octanol–water partition coefficient (Wildman–Crippen LogP) is 4.69. The third kappa shape index (κ3) is 5.21. The molecule has 0 aliphatic rings. The summed E-state index contributed by atoms with van der Waals surface area (Å²) in [5.41, 5.74) is 2.69. The summed E-state index contributed by atoms with van der Waals surface area (Å²) in [6.45, 7) is 9.57. The lowest BCUT2D eigenvalue weighted by Crippen LogP contribution is -2.22. The van der Waals surface area contributed by atoms with Crippen LogP contribution in [0.15, 0.2) is 36.4 Å². The molecule has 0 radical (unpaired) electrons. The molecule has 0 fully saturated rings. The third-order valence-electron chi connectivity index (χ3n) is 2.88. The first-order valence-corrected chi connectivity index (χ1v) is 7.40. The molecule has 0 aromatic heterocycles. The van der Waals surface area contributed by atoms with Gasteiger partial charge in [0.05, 0.1) is 0 Å². The van der Waals surface area contributed by atoms with Crippen molar-refractivity contribution in [2.24, 2.45) is 0 Å². The van der Waals surface area contributed by atoms with Crippen LogP contribution in [0.2, 0.25) is 0 Å². The van der Waals surface area contributed by atoms with Crippen LogP contribution in [-0.2, 0) is 0 Å². The van der Waals surface area contributed by atoms with Gasteiger partial charge in [-0.05, 0) is 66.1 Å². The summed E-state index contributed by atoms with van der Waals surface area (Å²) < 4.78 is 1.30. The van der Waals surface area contributed by atoms with Crippen molar-refractivity contribution in [3.05, 3.63) is 45.6 Å². The lowest BCUT2D eigenvalue weighted by atomic mass is 9.98. The van der Waals surface area contributed by atoms with Gasteiger partial charge in [-0.15, -0.1) is 0 Å². The number of nitrogens with one attached hydrogen (secondary N) is 1. The first-order valence-electron chi connectivity index (χ1n) is 6.32. The molecule has 1 aromatic carbocycles. The Kier molecular flexibility index (Phi) is 6.82. The largest absolute Gasteiger partial charge is 0.310 e. The monoisotopic (exact) mass is 343 g/mol. The molecule has 0 aliphatic carbocycles. The Morgan fingerprint density at radius 1 is 1.41 bits per heavy atom. The second-order valence-electron chi connectivity index (χ2n) is 4.37. The maximum atomic E-state index is 4.13. The smallest absolute Gasteiger partial charge is 0.0357 e. The third-order valence-corrected chi connectivity index (χ3v) is 3.56. The normalized spacial score (nSPS) is 12.4. The van der Waals surface area contributed by atoms with Gasteiger partial charge >= 0.3 is 0 Å². The summed E-state index contributed by atoms with van der Waals surface area (Å²) >= 11 is 2.37. The number of benzene rings is 1. The highest BCUT2D eigenvalue weighted by molar-refractivity contribution is 14.1. The number of hydrogen-bond acceptors (Lipinski definition) is 1. The summed E-state index contributed by atoms with van der Waals surface area (Å²) in [6.07, 6.45) is 3.27. The van der Waals surface area contributed by atoms with Crippen LogP contribution in [-0.4, -0.2) is 6.54 Å². The molecule has 1 rings (SSSR count). The van der Waals surface area contributed by atoms with E-state index in [1.165, 1.54) is 21.1 Å². The van der Waals surface area contributed by atoms with Gasteiger partial charge in [0.1, 0.15) is 0 Å². The van der Waals surface area contributed by atoms with Gasteiger partial charge in [0, 0.05) is 9.61 Å². The van der Waals surface area contributed by atoms with Crippen molar-refractivity contribution in [2.45, 2.75) is 39.2 Å². The van der Waals surface area contributed by atoms with Crippen molar-refractivity contribution in [3.8, 4) is 0 Å². The van der Waals surface area contributed by atoms with E-state index in [1.54, 1.807) is 0 Å². The van der Waals surface area contributed by atoms with Crippen molar-refractivity contribution < 1.29 is 0 Å². The minimum Gasteiger partial charge on any atom is -0.310 e. The number of rotatable bonds is 7. The Labute approximate surface area is 119 Å². The molecular formula is C15H22IN. The molecule has 0 aliphatic heterocycles. The van der Waals surface area contributed by atoms with Crippen LogP contribution < -0.4 is 5.32 Å². The van der Waals surface area contributed by atoms with Crippen molar-refractivity contribution in [1.29, 1.82) is 0 Å². The number of halogens is 1. The molecule has 1 aromatic rings. The molecule has 94 valence electrons. The molecule has 0 saturated heterocycles. The molecular weight excluding hydrogens is 321 g/mol. The molecule has 1 atom stereocenters. The van der Waals surface area contributed by atoms with Crippen molar-refractivity contribution in [1.82, 2.24) is 5.32 Å². The highest BCUT2D eigenvalue weighted by Crippen LogP contribution is 2.23. The maximum absolute atomic E-state index is 4.13. The lowest BCUT2D eigenvalue weighted by molar-refractivity contribution is 0.523. The summed E-state index contributed by atoms with van der Waals surface area (Å²) in [4.78, 5) is 0. The van der Waals surface area contributed by atoms with E-state index < -0.39 is 0 Å². The Morgan fingerprint density at radius 2 is 2.18 bits per heavy atom. The summed E-state index contributed by atoms with van der Waals surface area (Å²) in [6, 6.07) is 9.15. The predicted molar refractivity (Wildman–Crippen MR) is 84.2 cm³/mol. The van der Waals surface area contributed by atoms with E-state index in [-0.39, 0.29) is 0 Å². The average molecular weight is 343 g/mol. The second-order valence-corrected chi connectivity index (χ2v) is 5.62. The molecule has 17 heavy (non-hydrogen) atoms. The van der Waals surface area contributed by atoms with Crippen molar-refractivity contribution >= 4 is 22.6 Å². The fourth-order valence-electron chi connectivity index (χ4n) is 1.78. The highest BCUT2D eigenvalue weighted by atomic mass is 127. The van der Waals surface area contributed by atoms with Crippen LogP contribution in [0, 0.1) is 3.57 Å². The minimum atomic E-state index is 0.414. The standard InChI is InChI=1S/C15H22IN/c1-4-9-17-15(10-12(3)5-2)13-7-6-8-14(16)11-13/h6-8,11,15,17H,3-5,9-10H2,1-2H3. The molecule has 2 heteroatoms. The van der Waals surface area contributed by atoms with E-state index in [0.29, 0.717) is 6.04 Å². The quantitative estimate of drug-likeness (QED) is 0.560. The molecule has 1 unspecified atom stereocenters. The summed E-state index contributed by atoms with van der Waals surface area (Å²) in [7, 11) is 0. The van der Waals surface area contributed by atoms with Crippen LogP contribution in [0.5, 0.6) is 0 Å². The summed E-state index contributed by atoms with van der Waals surface area (Å²) in [5.74, 6) is 0. The maximum Gasteiger partial charge on any atom is 0.0357 e. The SMILES string of the molecule is C=C(CC)CC(NCCC)c1cccc(I)c1. The molecule has 0 spiro atoms. The van der Waals surface area contributed by atoms with Crippen LogP contribution >= 0.6 is 22.6 Å². The van der Waals surface area contributed by atoms with Crippen LogP contribution in [0.1, 0.15) is 44.7 Å². The average Bonchev–Trinajstić information content (AvgIpc) is 2.34. The Balaban J connectivity index is 2.77. The van der Waals surface area contributed by atoms with E-state index in [4.69, 9.17) is 0 Å². The molecule has 0 saturated carbocycles. The topological polar surface area (TPSA) is 12.0 Å². The number of hydrogen-bond donors (Lipinski definition) is 1. The zero-order valence-corrected chi connectivity index (χ0v) is 13.0. The van der Waals surface area contributed by atoms with Gasteiger partial charge in [-0.2, -0.15) is 0 Å². The lowest BCUT2D eigenvalue weighted by Gasteiger charge is -2.20. The van der Waals surface area contributed by atoms with Crippen molar-refractivity contribution in [2.75, 3.05) is 6.54 Å². The molecule has 0 bridgehead atoms. The fourth-order valence-corrected chi connectivity index (χ4v) is 2.35. The van der Waals surface area contributed by atoms with Crippen molar-refractivity contribution in [3.63, 3.8) is 0 Å². The van der Waals surface area contributed by atoms with E-state index in [0.717, 1.165) is 19.4 Å². The summed E-state index contributed by atoms with van der Waals surface area (Å²) in [5, 5.41) is 3.61. The zero-order chi connectivity index (χ0) is 12.7. The molecule has 0 heterocycles. The molecule has 1 N–H and O–H groups in total. The van der Waals surface area contributed by atoms with Gasteiger partial charge in [0.2, 0.25) is 0 Å². The fraction of sp³-hybridized carbons (Fsp3) is 0.467. The van der Waals surface area contributed by atoms with E-state index in [2.05, 4.69) is 72.6 Å². The van der Waals surface area contributed by atoms with E-state index in [9.17, 15) is 0 Å². The Morgan fingerprint density at radius 3 is 2.76 bits per heavy atom. The molecule has 1 nitrogen and oxygen atoms in total. The van der Waals surface area contributed by atoms with Gasteiger partial charge < -0.3 is 5.32 Å². The first-order chi connectivity index (χ1) is 8.17.